The summed E-state index contributed by atoms with van der Waals surface area (Å²) < 4.78 is 4.76. The molecule has 0 saturated carbocycles. The molecular weight excluding hydrogens is 252 g/mol. The molecule has 0 spiro atoms. The summed E-state index contributed by atoms with van der Waals surface area (Å²) in [5, 5.41) is 10.3. The Labute approximate surface area is 123 Å². The van der Waals surface area contributed by atoms with Gasteiger partial charge in [0, 0.05) is 5.56 Å². The first-order valence-electron chi connectivity index (χ1n) is 7.57. The standard InChI is InChI=1S/C15H22O3.C2H6/c1-4-6-8-12-13(15(17)18-3)10-9-11(7-5-2)14(12)16;1-2/h9-10,16H,4-8H2,1-3H3;1-2H3. The fraction of sp³-hybridized carbons (Fsp3) is 0.588. The maximum Gasteiger partial charge on any atom is 0.338 e. The minimum atomic E-state index is -0.376. The summed E-state index contributed by atoms with van der Waals surface area (Å²) in [5.41, 5.74) is 2.13. The summed E-state index contributed by atoms with van der Waals surface area (Å²) in [6, 6.07) is 3.59. The van der Waals surface area contributed by atoms with E-state index in [2.05, 4.69) is 13.8 Å². The Balaban J connectivity index is 0.00000172. The van der Waals surface area contributed by atoms with Crippen LogP contribution in [0, 0.1) is 0 Å². The van der Waals surface area contributed by atoms with E-state index in [0.717, 1.165) is 36.8 Å². The number of unbranched alkanes of at least 4 members (excludes halogenated alkanes) is 1. The molecule has 1 rings (SSSR count). The summed E-state index contributed by atoms with van der Waals surface area (Å²) in [7, 11) is 1.36. The van der Waals surface area contributed by atoms with E-state index in [1.165, 1.54) is 7.11 Å². The maximum atomic E-state index is 11.7. The molecule has 0 amide bonds. The van der Waals surface area contributed by atoms with Crippen LogP contribution in [0.2, 0.25) is 0 Å². The third kappa shape index (κ3) is 4.87. The molecule has 114 valence electrons. The van der Waals surface area contributed by atoms with Crippen LogP contribution in [-0.4, -0.2) is 18.2 Å². The predicted molar refractivity (Wildman–Crippen MR) is 83.4 cm³/mol. The second-order valence-electron chi connectivity index (χ2n) is 4.44. The van der Waals surface area contributed by atoms with Crippen LogP contribution in [0.15, 0.2) is 12.1 Å². The molecular formula is C17H28O3. The van der Waals surface area contributed by atoms with Crippen LogP contribution in [0.1, 0.15) is 68.4 Å². The van der Waals surface area contributed by atoms with Crippen molar-refractivity contribution >= 4 is 5.97 Å². The molecule has 1 N–H and O–H groups in total. The van der Waals surface area contributed by atoms with E-state index in [-0.39, 0.29) is 11.7 Å². The Bertz CT molecular complexity index is 411. The van der Waals surface area contributed by atoms with Crippen LogP contribution in [0.25, 0.3) is 0 Å². The molecule has 0 radical (unpaired) electrons. The lowest BCUT2D eigenvalue weighted by atomic mass is 9.96. The first-order chi connectivity index (χ1) is 9.65. The zero-order valence-corrected chi connectivity index (χ0v) is 13.5. The molecule has 0 aromatic heterocycles. The number of esters is 1. The van der Waals surface area contributed by atoms with Gasteiger partial charge in [-0.15, -0.1) is 0 Å². The molecule has 0 unspecified atom stereocenters. The SMILES string of the molecule is CC.CCCCc1c(C(=O)OC)ccc(CCC)c1O. The third-order valence-corrected chi connectivity index (χ3v) is 3.07. The van der Waals surface area contributed by atoms with E-state index in [9.17, 15) is 9.90 Å². The Hall–Kier alpha value is -1.51. The lowest BCUT2D eigenvalue weighted by Gasteiger charge is -2.13. The summed E-state index contributed by atoms with van der Waals surface area (Å²) in [6.45, 7) is 8.16. The summed E-state index contributed by atoms with van der Waals surface area (Å²) >= 11 is 0. The van der Waals surface area contributed by atoms with Crippen LogP contribution >= 0.6 is 0 Å². The van der Waals surface area contributed by atoms with Gasteiger partial charge in [-0.3, -0.25) is 0 Å². The molecule has 0 bridgehead atoms. The Morgan fingerprint density at radius 1 is 1.15 bits per heavy atom. The zero-order valence-electron chi connectivity index (χ0n) is 13.5. The minimum Gasteiger partial charge on any atom is -0.507 e. The van der Waals surface area contributed by atoms with Crippen molar-refractivity contribution in [2.24, 2.45) is 0 Å². The monoisotopic (exact) mass is 280 g/mol. The highest BCUT2D eigenvalue weighted by molar-refractivity contribution is 5.92. The van der Waals surface area contributed by atoms with Crippen molar-refractivity contribution in [1.29, 1.82) is 0 Å². The molecule has 0 aliphatic heterocycles. The topological polar surface area (TPSA) is 46.5 Å². The van der Waals surface area contributed by atoms with Gasteiger partial charge in [0.05, 0.1) is 12.7 Å². The number of benzene rings is 1. The van der Waals surface area contributed by atoms with E-state index in [1.54, 1.807) is 6.07 Å². The lowest BCUT2D eigenvalue weighted by molar-refractivity contribution is 0.0599. The number of hydrogen-bond acceptors (Lipinski definition) is 3. The highest BCUT2D eigenvalue weighted by atomic mass is 16.5. The van der Waals surface area contributed by atoms with Gasteiger partial charge in [0.15, 0.2) is 0 Å². The number of phenolic OH excluding ortho intramolecular Hbond substituents is 1. The Morgan fingerprint density at radius 2 is 1.80 bits per heavy atom. The number of phenols is 1. The van der Waals surface area contributed by atoms with Gasteiger partial charge in [-0.25, -0.2) is 4.79 Å². The second kappa shape index (κ2) is 10.3. The first kappa shape index (κ1) is 18.5. The Morgan fingerprint density at radius 3 is 2.30 bits per heavy atom. The molecule has 0 heterocycles. The quantitative estimate of drug-likeness (QED) is 0.780. The van der Waals surface area contributed by atoms with Crippen LogP contribution in [-0.2, 0) is 17.6 Å². The van der Waals surface area contributed by atoms with Gasteiger partial charge in [-0.05, 0) is 30.9 Å². The number of aryl methyl sites for hydroxylation is 1. The van der Waals surface area contributed by atoms with Crippen molar-refractivity contribution in [1.82, 2.24) is 0 Å². The van der Waals surface area contributed by atoms with Gasteiger partial charge in [-0.2, -0.15) is 0 Å². The van der Waals surface area contributed by atoms with E-state index in [4.69, 9.17) is 4.74 Å². The first-order valence-corrected chi connectivity index (χ1v) is 7.57. The van der Waals surface area contributed by atoms with Gasteiger partial charge >= 0.3 is 5.97 Å². The van der Waals surface area contributed by atoms with Crippen molar-refractivity contribution in [3.8, 4) is 5.75 Å². The van der Waals surface area contributed by atoms with E-state index < -0.39 is 0 Å². The highest BCUT2D eigenvalue weighted by Gasteiger charge is 2.17. The molecule has 0 aliphatic rings. The van der Waals surface area contributed by atoms with Crippen molar-refractivity contribution in [2.75, 3.05) is 7.11 Å². The molecule has 3 heteroatoms. The lowest BCUT2D eigenvalue weighted by Crippen LogP contribution is -2.07. The molecule has 20 heavy (non-hydrogen) atoms. The van der Waals surface area contributed by atoms with E-state index in [0.29, 0.717) is 12.0 Å². The number of rotatable bonds is 6. The number of aromatic hydroxyl groups is 1. The zero-order chi connectivity index (χ0) is 15.5. The number of ether oxygens (including phenoxy) is 1. The number of hydrogen-bond donors (Lipinski definition) is 1. The van der Waals surface area contributed by atoms with Crippen molar-refractivity contribution < 1.29 is 14.6 Å². The van der Waals surface area contributed by atoms with Gasteiger partial charge in [0.2, 0.25) is 0 Å². The largest absolute Gasteiger partial charge is 0.507 e. The van der Waals surface area contributed by atoms with Crippen LogP contribution < -0.4 is 0 Å². The van der Waals surface area contributed by atoms with Crippen LogP contribution in [0.3, 0.4) is 0 Å². The molecule has 1 aromatic carbocycles. The maximum absolute atomic E-state index is 11.7. The number of methoxy groups -OCH3 is 1. The third-order valence-electron chi connectivity index (χ3n) is 3.07. The van der Waals surface area contributed by atoms with Gasteiger partial charge < -0.3 is 9.84 Å². The van der Waals surface area contributed by atoms with E-state index >= 15 is 0 Å². The smallest absolute Gasteiger partial charge is 0.338 e. The fourth-order valence-corrected chi connectivity index (χ4v) is 2.06. The Kier molecular flexibility index (Phi) is 9.52. The fourth-order valence-electron chi connectivity index (χ4n) is 2.06. The average Bonchev–Trinajstić information content (AvgIpc) is 2.49. The van der Waals surface area contributed by atoms with Gasteiger partial charge in [0.25, 0.3) is 0 Å². The summed E-state index contributed by atoms with van der Waals surface area (Å²) in [4.78, 5) is 11.7. The van der Waals surface area contributed by atoms with Crippen molar-refractivity contribution in [3.63, 3.8) is 0 Å². The summed E-state index contributed by atoms with van der Waals surface area (Å²) in [6.07, 6.45) is 4.49. The van der Waals surface area contributed by atoms with Crippen molar-refractivity contribution in [2.45, 2.75) is 59.8 Å². The highest BCUT2D eigenvalue weighted by Crippen LogP contribution is 2.29. The number of carbonyl (C=O) groups excluding carboxylic acids is 1. The predicted octanol–water partition coefficient (Wildman–Crippen LogP) is 4.50. The summed E-state index contributed by atoms with van der Waals surface area (Å²) in [5.74, 6) is -0.104. The molecule has 0 atom stereocenters. The average molecular weight is 280 g/mol. The molecule has 0 aliphatic carbocycles. The molecule has 0 saturated heterocycles. The minimum absolute atomic E-state index is 0.271. The van der Waals surface area contributed by atoms with E-state index in [1.807, 2.05) is 19.9 Å². The van der Waals surface area contributed by atoms with Gasteiger partial charge in [0.1, 0.15) is 5.75 Å². The van der Waals surface area contributed by atoms with Gasteiger partial charge in [-0.1, -0.05) is 46.6 Å². The molecule has 3 nitrogen and oxygen atoms in total. The second-order valence-corrected chi connectivity index (χ2v) is 4.44. The van der Waals surface area contributed by atoms with Crippen LogP contribution in [0.5, 0.6) is 5.75 Å². The van der Waals surface area contributed by atoms with Crippen molar-refractivity contribution in [3.05, 3.63) is 28.8 Å². The molecule has 1 aromatic rings. The molecule has 0 fully saturated rings. The van der Waals surface area contributed by atoms with Crippen LogP contribution in [0.4, 0.5) is 0 Å². The number of carbonyl (C=O) groups is 1. The normalized spacial score (nSPS) is 9.65.